The first-order valence-electron chi connectivity index (χ1n) is 9.87. The van der Waals surface area contributed by atoms with Crippen LogP contribution in [0.1, 0.15) is 25.3 Å². The molecule has 8 heteroatoms. The van der Waals surface area contributed by atoms with Gasteiger partial charge in [-0.25, -0.2) is 0 Å². The lowest BCUT2D eigenvalue weighted by atomic mass is 9.98. The molecular formula is C22H25ClF3NO3. The van der Waals surface area contributed by atoms with Gasteiger partial charge in [0.2, 0.25) is 0 Å². The minimum atomic E-state index is -4.36. The Morgan fingerprint density at radius 1 is 1.10 bits per heavy atom. The van der Waals surface area contributed by atoms with Crippen molar-refractivity contribution in [2.45, 2.75) is 38.3 Å². The quantitative estimate of drug-likeness (QED) is 0.635. The minimum absolute atomic E-state index is 0.177. The summed E-state index contributed by atoms with van der Waals surface area (Å²) in [5.41, 5.74) is -0.696. The maximum Gasteiger partial charge on any atom is 0.416 e. The Morgan fingerprint density at radius 2 is 1.73 bits per heavy atom. The number of aliphatic hydroxyl groups excluding tert-OH is 1. The molecule has 30 heavy (non-hydrogen) atoms. The summed E-state index contributed by atoms with van der Waals surface area (Å²) in [6.45, 7) is 3.50. The van der Waals surface area contributed by atoms with Crippen molar-refractivity contribution in [3.05, 3.63) is 59.1 Å². The van der Waals surface area contributed by atoms with E-state index >= 15 is 0 Å². The molecule has 1 heterocycles. The van der Waals surface area contributed by atoms with E-state index in [1.54, 1.807) is 31.2 Å². The number of likely N-dealkylation sites (tertiary alicyclic amines) is 1. The molecule has 3 rings (SSSR count). The van der Waals surface area contributed by atoms with Crippen LogP contribution in [0.5, 0.6) is 11.5 Å². The van der Waals surface area contributed by atoms with E-state index in [2.05, 4.69) is 4.90 Å². The first-order chi connectivity index (χ1) is 14.2. The SMILES string of the molecule is CC(O)C(Oc1ccc(Cl)cc1)N1CCCC(COc2ccc(C(F)(F)F)cc2)C1. The lowest BCUT2D eigenvalue weighted by molar-refractivity contribution is -0.137. The van der Waals surface area contributed by atoms with E-state index in [1.807, 2.05) is 0 Å². The van der Waals surface area contributed by atoms with Crippen molar-refractivity contribution >= 4 is 11.6 Å². The summed E-state index contributed by atoms with van der Waals surface area (Å²) in [5.74, 6) is 1.20. The van der Waals surface area contributed by atoms with Crippen molar-refractivity contribution in [1.82, 2.24) is 4.90 Å². The zero-order valence-electron chi connectivity index (χ0n) is 16.6. The Morgan fingerprint density at radius 3 is 2.33 bits per heavy atom. The Hall–Kier alpha value is -1.96. The lowest BCUT2D eigenvalue weighted by Crippen LogP contribution is -2.51. The highest BCUT2D eigenvalue weighted by atomic mass is 35.5. The van der Waals surface area contributed by atoms with Crippen molar-refractivity contribution in [3.63, 3.8) is 0 Å². The molecule has 0 spiro atoms. The third kappa shape index (κ3) is 6.27. The third-order valence-electron chi connectivity index (χ3n) is 5.06. The number of rotatable bonds is 7. The highest BCUT2D eigenvalue weighted by Crippen LogP contribution is 2.30. The fourth-order valence-corrected chi connectivity index (χ4v) is 3.68. The van der Waals surface area contributed by atoms with Crippen LogP contribution in [-0.2, 0) is 6.18 Å². The topological polar surface area (TPSA) is 41.9 Å². The molecule has 0 aliphatic carbocycles. The van der Waals surface area contributed by atoms with E-state index < -0.39 is 24.1 Å². The van der Waals surface area contributed by atoms with Crippen molar-refractivity contribution in [3.8, 4) is 11.5 Å². The second-order valence-corrected chi connectivity index (χ2v) is 7.98. The number of alkyl halides is 3. The molecule has 3 atom stereocenters. The average molecular weight is 444 g/mol. The van der Waals surface area contributed by atoms with Gasteiger partial charge in [0, 0.05) is 24.0 Å². The van der Waals surface area contributed by atoms with Gasteiger partial charge in [0.05, 0.1) is 12.2 Å². The van der Waals surface area contributed by atoms with Crippen molar-refractivity contribution in [1.29, 1.82) is 0 Å². The van der Waals surface area contributed by atoms with Crippen LogP contribution < -0.4 is 9.47 Å². The predicted octanol–water partition coefficient (Wildman–Crippen LogP) is 5.24. The molecule has 164 valence electrons. The molecule has 3 unspecified atom stereocenters. The third-order valence-corrected chi connectivity index (χ3v) is 5.31. The van der Waals surface area contributed by atoms with Gasteiger partial charge in [0.15, 0.2) is 6.23 Å². The Kier molecular flexibility index (Phi) is 7.50. The molecule has 0 bridgehead atoms. The smallest absolute Gasteiger partial charge is 0.416 e. The van der Waals surface area contributed by atoms with E-state index in [-0.39, 0.29) is 5.92 Å². The lowest BCUT2D eigenvalue weighted by Gasteiger charge is -2.39. The molecule has 1 saturated heterocycles. The summed E-state index contributed by atoms with van der Waals surface area (Å²) in [4.78, 5) is 2.07. The zero-order valence-corrected chi connectivity index (χ0v) is 17.4. The summed E-state index contributed by atoms with van der Waals surface area (Å²) >= 11 is 5.91. The van der Waals surface area contributed by atoms with Crippen LogP contribution in [0.4, 0.5) is 13.2 Å². The number of aliphatic hydroxyl groups is 1. The molecule has 0 amide bonds. The first-order valence-corrected chi connectivity index (χ1v) is 10.2. The van der Waals surface area contributed by atoms with E-state index in [1.165, 1.54) is 12.1 Å². The van der Waals surface area contributed by atoms with Crippen LogP contribution >= 0.6 is 11.6 Å². The number of ether oxygens (including phenoxy) is 2. The maximum absolute atomic E-state index is 12.7. The average Bonchev–Trinajstić information content (AvgIpc) is 2.71. The molecule has 4 nitrogen and oxygen atoms in total. The molecule has 0 saturated carbocycles. The van der Waals surface area contributed by atoms with Crippen LogP contribution in [0.3, 0.4) is 0 Å². The van der Waals surface area contributed by atoms with E-state index in [0.717, 1.165) is 31.5 Å². The minimum Gasteiger partial charge on any atom is -0.493 e. The van der Waals surface area contributed by atoms with Gasteiger partial charge < -0.3 is 14.6 Å². The van der Waals surface area contributed by atoms with Gasteiger partial charge in [-0.2, -0.15) is 13.2 Å². The Balaban J connectivity index is 1.57. The fraction of sp³-hybridized carbons (Fsp3) is 0.455. The molecular weight excluding hydrogens is 419 g/mol. The normalized spacial score (nSPS) is 19.9. The molecule has 1 aliphatic rings. The van der Waals surface area contributed by atoms with Crippen molar-refractivity contribution < 1.29 is 27.8 Å². The van der Waals surface area contributed by atoms with Crippen molar-refractivity contribution in [2.24, 2.45) is 5.92 Å². The Labute approximate surface area is 179 Å². The van der Waals surface area contributed by atoms with Crippen LogP contribution in [0, 0.1) is 5.92 Å². The van der Waals surface area contributed by atoms with Crippen LogP contribution in [0.15, 0.2) is 48.5 Å². The fourth-order valence-electron chi connectivity index (χ4n) is 3.55. The van der Waals surface area contributed by atoms with Gasteiger partial charge in [-0.3, -0.25) is 4.90 Å². The summed E-state index contributed by atoms with van der Waals surface area (Å²) in [5, 5.41) is 10.9. The van der Waals surface area contributed by atoms with Gasteiger partial charge in [0.25, 0.3) is 0 Å². The first kappa shape index (κ1) is 22.7. The van der Waals surface area contributed by atoms with Gasteiger partial charge in [0.1, 0.15) is 17.6 Å². The maximum atomic E-state index is 12.7. The van der Waals surface area contributed by atoms with Gasteiger partial charge >= 0.3 is 6.18 Å². The molecule has 1 N–H and O–H groups in total. The number of piperidine rings is 1. The number of hydrogen-bond donors (Lipinski definition) is 1. The van der Waals surface area contributed by atoms with Crippen molar-refractivity contribution in [2.75, 3.05) is 19.7 Å². The number of nitrogens with zero attached hydrogens (tertiary/aromatic N) is 1. The van der Waals surface area contributed by atoms with E-state index in [9.17, 15) is 18.3 Å². The summed E-state index contributed by atoms with van der Waals surface area (Å²) in [7, 11) is 0. The highest BCUT2D eigenvalue weighted by molar-refractivity contribution is 6.30. The summed E-state index contributed by atoms with van der Waals surface area (Å²) in [6, 6.07) is 11.7. The molecule has 0 aromatic heterocycles. The standard InChI is InChI=1S/C22H25ClF3NO3/c1-15(28)21(30-20-10-6-18(23)7-11-20)27-12-2-3-16(13-27)14-29-19-8-4-17(5-9-19)22(24,25)26/h4-11,15-16,21,28H,2-3,12-14H2,1H3. The summed E-state index contributed by atoms with van der Waals surface area (Å²) < 4.78 is 49.7. The van der Waals surface area contributed by atoms with Gasteiger partial charge in [-0.1, -0.05) is 11.6 Å². The second-order valence-electron chi connectivity index (χ2n) is 7.54. The second kappa shape index (κ2) is 9.90. The summed E-state index contributed by atoms with van der Waals surface area (Å²) in [6.07, 6.45) is -3.74. The largest absolute Gasteiger partial charge is 0.493 e. The van der Waals surface area contributed by atoms with E-state index in [4.69, 9.17) is 21.1 Å². The predicted molar refractivity (Wildman–Crippen MR) is 109 cm³/mol. The molecule has 1 aliphatic heterocycles. The molecule has 2 aromatic rings. The zero-order chi connectivity index (χ0) is 21.7. The number of benzene rings is 2. The van der Waals surface area contributed by atoms with Crippen LogP contribution in [0.25, 0.3) is 0 Å². The molecule has 0 radical (unpaired) electrons. The van der Waals surface area contributed by atoms with Crippen LogP contribution in [0.2, 0.25) is 5.02 Å². The van der Waals surface area contributed by atoms with Gasteiger partial charge in [-0.05, 0) is 68.3 Å². The monoisotopic (exact) mass is 443 g/mol. The molecule has 2 aromatic carbocycles. The molecule has 1 fully saturated rings. The van der Waals surface area contributed by atoms with Gasteiger partial charge in [-0.15, -0.1) is 0 Å². The number of hydrogen-bond acceptors (Lipinski definition) is 4. The van der Waals surface area contributed by atoms with Crippen LogP contribution in [-0.4, -0.2) is 42.0 Å². The number of halogens is 4. The highest BCUT2D eigenvalue weighted by Gasteiger charge is 2.31. The Bertz CT molecular complexity index is 797. The van der Waals surface area contributed by atoms with E-state index in [0.29, 0.717) is 29.7 Å².